The normalized spacial score (nSPS) is 12.0. The van der Waals surface area contributed by atoms with E-state index in [-0.39, 0.29) is 32.8 Å². The fourth-order valence-corrected chi connectivity index (χ4v) is 17.5. The van der Waals surface area contributed by atoms with Crippen LogP contribution in [0.4, 0.5) is 16.2 Å². The molecule has 0 radical (unpaired) electrons. The number of thioether (sulfide) groups is 5. The molecule has 0 saturated heterocycles. The number of nitro benzene ring substituents is 1. The van der Waals surface area contributed by atoms with Crippen LogP contribution in [0.15, 0.2) is 261 Å². The van der Waals surface area contributed by atoms with Crippen molar-refractivity contribution in [3.8, 4) is 55.6 Å². The van der Waals surface area contributed by atoms with E-state index in [4.69, 9.17) is 4.74 Å². The number of amides is 1. The van der Waals surface area contributed by atoms with Crippen molar-refractivity contribution in [2.24, 2.45) is 5.92 Å². The number of hydrogen-bond acceptors (Lipinski definition) is 9. The Labute approximate surface area is 812 Å². The molecule has 0 saturated carbocycles. The van der Waals surface area contributed by atoms with Crippen molar-refractivity contribution >= 4 is 76.3 Å². The highest BCUT2D eigenvalue weighted by molar-refractivity contribution is 8.00. The summed E-state index contributed by atoms with van der Waals surface area (Å²) in [6, 6.07) is 93.7. The quantitative estimate of drug-likeness (QED) is 0.0517. The van der Waals surface area contributed by atoms with Gasteiger partial charge in [0, 0.05) is 41.4 Å². The van der Waals surface area contributed by atoms with Crippen LogP contribution in [-0.4, -0.2) is 49.4 Å². The van der Waals surface area contributed by atoms with Crippen molar-refractivity contribution in [3.63, 3.8) is 0 Å². The van der Waals surface area contributed by atoms with Gasteiger partial charge >= 0.3 is 6.09 Å². The molecular weight excluding hydrogens is 1680 g/mol. The van der Waals surface area contributed by atoms with Crippen molar-refractivity contribution < 1.29 is 14.5 Å². The zero-order valence-electron chi connectivity index (χ0n) is 85.8. The van der Waals surface area contributed by atoms with E-state index in [0.29, 0.717) is 50.5 Å². The van der Waals surface area contributed by atoms with E-state index < -0.39 is 16.6 Å². The largest absolute Gasteiger partial charge is 0.443 e. The Balaban J connectivity index is 0.000000273. The molecule has 1 heterocycles. The molecule has 0 aromatic heterocycles. The average molecular weight is 1840 g/mol. The Morgan fingerprint density at radius 3 is 1.12 bits per heavy atom. The number of anilines is 1. The first-order valence-electron chi connectivity index (χ1n) is 47.2. The summed E-state index contributed by atoms with van der Waals surface area (Å²) in [7, 11) is 0. The third kappa shape index (κ3) is 39.9. The Hall–Kier alpha value is -8.16. The van der Waals surface area contributed by atoms with Crippen LogP contribution in [0.3, 0.4) is 0 Å². The van der Waals surface area contributed by atoms with Crippen molar-refractivity contribution in [1.29, 1.82) is 0 Å². The van der Waals surface area contributed by atoms with Gasteiger partial charge in [-0.25, -0.2) is 4.79 Å². The maximum absolute atomic E-state index is 12.0. The van der Waals surface area contributed by atoms with Crippen LogP contribution in [0.25, 0.3) is 55.6 Å². The van der Waals surface area contributed by atoms with Gasteiger partial charge in [-0.2, -0.15) is 58.8 Å². The molecule has 6 nitrogen and oxygen atoms in total. The molecule has 1 aliphatic heterocycles. The van der Waals surface area contributed by atoms with Crippen LogP contribution in [0.1, 0.15) is 290 Å². The van der Waals surface area contributed by atoms with Gasteiger partial charge in [-0.1, -0.05) is 456 Å². The Morgan fingerprint density at radius 2 is 0.685 bits per heavy atom. The van der Waals surface area contributed by atoms with Gasteiger partial charge in [0.05, 0.1) is 16.2 Å². The van der Waals surface area contributed by atoms with Crippen LogP contribution in [0.5, 0.6) is 0 Å². The minimum Gasteiger partial charge on any atom is -0.443 e. The molecule has 0 aliphatic carbocycles. The average Bonchev–Trinajstić information content (AvgIpc) is 1.59. The van der Waals surface area contributed by atoms with E-state index in [1.54, 1.807) is 32.9 Å². The van der Waals surface area contributed by atoms with Crippen molar-refractivity contribution in [3.05, 3.63) is 332 Å². The lowest BCUT2D eigenvalue weighted by Crippen LogP contribution is -2.35. The number of carbonyl (C=O) groups excluding carboxylic acids is 1. The molecule has 0 bridgehead atoms. The minimum absolute atomic E-state index is 0.0589. The number of benzene rings is 11. The number of ether oxygens (including phenoxy) is 1. The number of hydrogen-bond donors (Lipinski definition) is 0. The smallest absolute Gasteiger partial charge is 0.414 e. The van der Waals surface area contributed by atoms with Gasteiger partial charge in [-0.05, 0) is 204 Å². The first-order valence-corrected chi connectivity index (χ1v) is 52.4. The predicted octanol–water partition coefficient (Wildman–Crippen LogP) is 37.0. The Morgan fingerprint density at radius 1 is 0.338 bits per heavy atom. The number of nitro groups is 1. The number of rotatable bonds is 21. The Kier molecular flexibility index (Phi) is 46.4. The van der Waals surface area contributed by atoms with Crippen molar-refractivity contribution in [2.45, 2.75) is 323 Å². The SMILES string of the molecule is CC.CC(C)(C)OC(=O)N1CCc2c1cccc2[N+](=O)[O-].CC(C)C.CC(C)SCc1ccc(-c2ccc(C(C)(C)C)cc2)cc1.CC(C)SCc1ccc(-c2cccc(C(C)(C)C)c2)cc1.CC(C)SCc1ccc(-c2ccccc2)c(C(C)(C)C)c1.CC(C)SCc1ccc(-c2ccccc2)cc1C(C)(C)C.CC(C)SCc1ccc(-c2ccccc2C(C)(C)C)cc1. The third-order valence-electron chi connectivity index (χ3n) is 20.8. The fourth-order valence-electron chi connectivity index (χ4n) is 13.9. The summed E-state index contributed by atoms with van der Waals surface area (Å²) in [5.74, 6) is 6.31. The minimum atomic E-state index is -0.583. The van der Waals surface area contributed by atoms with E-state index in [1.807, 2.05) is 72.7 Å². The topological polar surface area (TPSA) is 72.7 Å². The van der Waals surface area contributed by atoms with Gasteiger partial charge in [-0.15, -0.1) is 0 Å². The molecule has 11 aromatic carbocycles. The molecule has 11 heteroatoms. The summed E-state index contributed by atoms with van der Waals surface area (Å²) < 4.78 is 5.30. The molecule has 130 heavy (non-hydrogen) atoms. The summed E-state index contributed by atoms with van der Waals surface area (Å²) in [5, 5.41) is 14.4. The van der Waals surface area contributed by atoms with E-state index in [9.17, 15) is 14.9 Å². The van der Waals surface area contributed by atoms with Crippen LogP contribution in [0, 0.1) is 16.0 Å². The summed E-state index contributed by atoms with van der Waals surface area (Å²) in [6.45, 7) is 73.0. The highest BCUT2D eigenvalue weighted by atomic mass is 32.2. The molecular formula is C119H162N2O4S5. The van der Waals surface area contributed by atoms with E-state index >= 15 is 0 Å². The van der Waals surface area contributed by atoms with Gasteiger partial charge in [0.2, 0.25) is 0 Å². The third-order valence-corrected chi connectivity index (χ3v) is 26.6. The summed E-state index contributed by atoms with van der Waals surface area (Å²) in [5.41, 5.74) is 29.0. The first-order chi connectivity index (χ1) is 60.9. The highest BCUT2D eigenvalue weighted by Crippen LogP contribution is 2.41. The lowest BCUT2D eigenvalue weighted by molar-refractivity contribution is -0.385. The molecule has 11 aromatic rings. The summed E-state index contributed by atoms with van der Waals surface area (Å²) in [6.07, 6.45) is 0.0119. The van der Waals surface area contributed by atoms with Gasteiger partial charge in [0.1, 0.15) is 5.60 Å². The Bertz CT molecular complexity index is 5120. The van der Waals surface area contributed by atoms with Crippen LogP contribution < -0.4 is 4.90 Å². The van der Waals surface area contributed by atoms with Gasteiger partial charge in [-0.3, -0.25) is 15.0 Å². The molecule has 0 N–H and O–H groups in total. The summed E-state index contributed by atoms with van der Waals surface area (Å²) >= 11 is 10.00. The molecule has 1 aliphatic rings. The predicted molar refractivity (Wildman–Crippen MR) is 587 cm³/mol. The van der Waals surface area contributed by atoms with Gasteiger partial charge in [0.25, 0.3) is 5.69 Å². The van der Waals surface area contributed by atoms with E-state index in [2.05, 4.69) is 437 Å². The molecule has 1 amide bonds. The lowest BCUT2D eigenvalue weighted by Gasteiger charge is -2.24. The maximum Gasteiger partial charge on any atom is 0.414 e. The standard InChI is InChI=1S/5C20H26S.C13H16N2O4.C4H10.C2H6/c1-15(2)21-14-16-6-8-17(9-7-16)18-10-12-19(13-11-18)20(3,4)5;1-15(2)21-14-16-9-11-17(12-10-16)18-7-6-8-19(13-18)20(3,4)5;1-15(2)21-14-16-10-12-17(13-11-16)18-8-6-7-9-19(18)20(3,4)5;1-15(2)21-14-16-11-12-18(17-9-7-6-8-10-17)19(13-16)20(3,4)5;1-15(2)21-14-18-12-11-17(13-19(18)20(3,4)5)16-9-7-6-8-10-16;1-13(2,3)19-12(16)14-8-7-9-10(14)5-4-6-11(9)15(17)18;1-4(2)3;1-2/h5*6-13,15H,14H2,1-5H3;4-6H,7-8H2,1-3H3;4H,1-3H3;1-2H3. The summed E-state index contributed by atoms with van der Waals surface area (Å²) in [4.78, 5) is 24.0. The second-order valence-electron chi connectivity index (χ2n) is 41.5. The first kappa shape index (κ1) is 112. The molecule has 0 unspecified atom stereocenters. The molecule has 12 rings (SSSR count). The maximum atomic E-state index is 12.0. The van der Waals surface area contributed by atoms with Gasteiger partial charge in [0.15, 0.2) is 0 Å². The zero-order valence-corrected chi connectivity index (χ0v) is 89.9. The highest BCUT2D eigenvalue weighted by Gasteiger charge is 2.33. The van der Waals surface area contributed by atoms with Crippen molar-refractivity contribution in [1.82, 2.24) is 0 Å². The number of fused-ring (bicyclic) bond motifs is 1. The number of nitrogens with zero attached hydrogens (tertiary/aromatic N) is 2. The van der Waals surface area contributed by atoms with Gasteiger partial charge < -0.3 is 4.74 Å². The second-order valence-corrected chi connectivity index (χ2v) is 49.3. The van der Waals surface area contributed by atoms with Crippen LogP contribution in [-0.2, 0) is 67.0 Å². The second kappa shape index (κ2) is 53.7. The van der Waals surface area contributed by atoms with Crippen LogP contribution >= 0.6 is 58.8 Å². The fraction of sp³-hybridized carbons (Fsp3) is 0.437. The number of carbonyl (C=O) groups is 1. The zero-order chi connectivity index (χ0) is 97.1. The van der Waals surface area contributed by atoms with E-state index in [0.717, 1.165) is 34.7 Å². The molecule has 0 atom stereocenters. The molecule has 0 spiro atoms. The molecule has 0 fully saturated rings. The van der Waals surface area contributed by atoms with E-state index in [1.165, 1.54) is 122 Å². The lowest BCUT2D eigenvalue weighted by atomic mass is 9.81. The van der Waals surface area contributed by atoms with Crippen molar-refractivity contribution in [2.75, 3.05) is 11.4 Å². The molecule has 702 valence electrons. The van der Waals surface area contributed by atoms with Crippen LogP contribution in [0.2, 0.25) is 0 Å². The monoisotopic (exact) mass is 1840 g/mol.